The lowest BCUT2D eigenvalue weighted by Crippen LogP contribution is -2.28. The largest absolute Gasteiger partial charge is 0.317 e. The van der Waals surface area contributed by atoms with Crippen LogP contribution >= 0.6 is 11.6 Å². The highest BCUT2D eigenvalue weighted by Gasteiger charge is 2.19. The topological polar surface area (TPSA) is 46.2 Å². The third-order valence-corrected chi connectivity index (χ3v) is 5.39. The summed E-state index contributed by atoms with van der Waals surface area (Å²) < 4.78 is 24.3. The quantitative estimate of drug-likeness (QED) is 0.925. The molecule has 1 saturated heterocycles. The minimum absolute atomic E-state index is 0.220. The van der Waals surface area contributed by atoms with Gasteiger partial charge in [-0.3, -0.25) is 0 Å². The molecule has 0 amide bonds. The van der Waals surface area contributed by atoms with E-state index in [9.17, 15) is 8.42 Å². The molecule has 1 aliphatic heterocycles. The molecule has 0 aliphatic carbocycles. The van der Waals surface area contributed by atoms with Gasteiger partial charge in [-0.15, -0.1) is 0 Å². The Bertz CT molecular complexity index is 495. The predicted molar refractivity (Wildman–Crippen MR) is 73.7 cm³/mol. The molecule has 1 fully saturated rings. The maximum Gasteiger partial charge on any atom is 0.178 e. The van der Waals surface area contributed by atoms with E-state index in [0.29, 0.717) is 15.8 Å². The molecule has 0 bridgehead atoms. The van der Waals surface area contributed by atoms with Crippen LogP contribution in [0.25, 0.3) is 0 Å². The molecule has 0 radical (unpaired) electrons. The molecular formula is C13H18ClNO2S. The maximum atomic E-state index is 12.2. The van der Waals surface area contributed by atoms with E-state index < -0.39 is 9.84 Å². The van der Waals surface area contributed by atoms with Gasteiger partial charge in [0.25, 0.3) is 0 Å². The van der Waals surface area contributed by atoms with Crippen molar-refractivity contribution in [3.8, 4) is 0 Å². The van der Waals surface area contributed by atoms with Gasteiger partial charge < -0.3 is 5.32 Å². The summed E-state index contributed by atoms with van der Waals surface area (Å²) in [5.41, 5.74) is 0. The number of sulfone groups is 1. The zero-order valence-corrected chi connectivity index (χ0v) is 11.8. The minimum atomic E-state index is -3.19. The third kappa shape index (κ3) is 3.70. The fourth-order valence-electron chi connectivity index (χ4n) is 2.27. The fourth-order valence-corrected chi connectivity index (χ4v) is 4.00. The second-order valence-corrected chi connectivity index (χ2v) is 7.30. The van der Waals surface area contributed by atoms with E-state index in [4.69, 9.17) is 11.6 Å². The Hall–Kier alpha value is -0.580. The van der Waals surface area contributed by atoms with Crippen LogP contribution in [-0.2, 0) is 9.84 Å². The molecule has 0 spiro atoms. The van der Waals surface area contributed by atoms with Crippen molar-refractivity contribution >= 4 is 21.4 Å². The Morgan fingerprint density at radius 1 is 1.28 bits per heavy atom. The van der Waals surface area contributed by atoms with Gasteiger partial charge in [0.1, 0.15) is 0 Å². The van der Waals surface area contributed by atoms with Gasteiger partial charge in [0.05, 0.1) is 10.6 Å². The molecule has 2 rings (SSSR count). The average molecular weight is 288 g/mol. The van der Waals surface area contributed by atoms with Gasteiger partial charge in [-0.1, -0.05) is 17.7 Å². The van der Waals surface area contributed by atoms with Crippen LogP contribution in [0.4, 0.5) is 0 Å². The first-order valence-electron chi connectivity index (χ1n) is 6.27. The monoisotopic (exact) mass is 287 g/mol. The van der Waals surface area contributed by atoms with Crippen molar-refractivity contribution < 1.29 is 8.42 Å². The fraction of sp³-hybridized carbons (Fsp3) is 0.538. The predicted octanol–water partition coefficient (Wildman–Crippen LogP) is 2.50. The summed E-state index contributed by atoms with van der Waals surface area (Å²) in [6, 6.07) is 6.51. The minimum Gasteiger partial charge on any atom is -0.317 e. The summed E-state index contributed by atoms with van der Waals surface area (Å²) in [4.78, 5) is 0.337. The molecule has 18 heavy (non-hydrogen) atoms. The van der Waals surface area contributed by atoms with Crippen LogP contribution in [0.3, 0.4) is 0 Å². The molecule has 100 valence electrons. The highest BCUT2D eigenvalue weighted by atomic mass is 35.5. The number of hydrogen-bond donors (Lipinski definition) is 1. The Morgan fingerprint density at radius 2 is 2.00 bits per heavy atom. The smallest absolute Gasteiger partial charge is 0.178 e. The van der Waals surface area contributed by atoms with Crippen LogP contribution in [0.2, 0.25) is 5.02 Å². The van der Waals surface area contributed by atoms with E-state index in [0.717, 1.165) is 32.4 Å². The number of hydrogen-bond acceptors (Lipinski definition) is 3. The number of nitrogens with one attached hydrogen (secondary N) is 1. The normalized spacial score (nSPS) is 17.8. The van der Waals surface area contributed by atoms with Crippen LogP contribution in [-0.4, -0.2) is 27.3 Å². The van der Waals surface area contributed by atoms with E-state index >= 15 is 0 Å². The van der Waals surface area contributed by atoms with Gasteiger partial charge in [-0.2, -0.15) is 0 Å². The molecule has 1 heterocycles. The number of benzene rings is 1. The van der Waals surface area contributed by atoms with Crippen molar-refractivity contribution in [2.24, 2.45) is 5.92 Å². The standard InChI is InChI=1S/C13H18ClNO2S/c14-12-2-1-3-13(10-12)18(16,17)9-6-11-4-7-15-8-5-11/h1-3,10-11,15H,4-9H2. The van der Waals surface area contributed by atoms with Crippen LogP contribution < -0.4 is 5.32 Å². The summed E-state index contributed by atoms with van der Waals surface area (Å²) in [6.45, 7) is 2.00. The first-order valence-corrected chi connectivity index (χ1v) is 8.30. The molecule has 5 heteroatoms. The lowest BCUT2D eigenvalue weighted by molar-refractivity contribution is 0.365. The van der Waals surface area contributed by atoms with E-state index in [1.807, 2.05) is 0 Å². The molecule has 0 aromatic heterocycles. The third-order valence-electron chi connectivity index (χ3n) is 3.41. The Morgan fingerprint density at radius 3 is 2.67 bits per heavy atom. The van der Waals surface area contributed by atoms with Gasteiger partial charge in [-0.25, -0.2) is 8.42 Å². The Balaban J connectivity index is 1.98. The second-order valence-electron chi connectivity index (χ2n) is 4.76. The molecule has 1 aromatic carbocycles. The van der Waals surface area contributed by atoms with Gasteiger partial charge in [-0.05, 0) is 56.5 Å². The van der Waals surface area contributed by atoms with Crippen molar-refractivity contribution in [3.63, 3.8) is 0 Å². The molecular weight excluding hydrogens is 270 g/mol. The van der Waals surface area contributed by atoms with Crippen molar-refractivity contribution in [2.75, 3.05) is 18.8 Å². The van der Waals surface area contributed by atoms with Crippen molar-refractivity contribution in [1.29, 1.82) is 0 Å². The molecule has 0 saturated carbocycles. The van der Waals surface area contributed by atoms with E-state index in [-0.39, 0.29) is 5.75 Å². The van der Waals surface area contributed by atoms with Gasteiger partial charge in [0.2, 0.25) is 0 Å². The first kappa shape index (κ1) is 13.8. The van der Waals surface area contributed by atoms with Crippen molar-refractivity contribution in [3.05, 3.63) is 29.3 Å². The van der Waals surface area contributed by atoms with Crippen molar-refractivity contribution in [2.45, 2.75) is 24.2 Å². The summed E-state index contributed by atoms with van der Waals surface area (Å²) in [7, 11) is -3.19. The van der Waals surface area contributed by atoms with Crippen molar-refractivity contribution in [1.82, 2.24) is 5.32 Å². The van der Waals surface area contributed by atoms with E-state index in [2.05, 4.69) is 5.32 Å². The molecule has 0 unspecified atom stereocenters. The Labute approximate surface area is 113 Å². The summed E-state index contributed by atoms with van der Waals surface area (Å²) in [5, 5.41) is 3.75. The summed E-state index contributed by atoms with van der Waals surface area (Å²) >= 11 is 5.83. The van der Waals surface area contributed by atoms with Crippen LogP contribution in [0, 0.1) is 5.92 Å². The van der Waals surface area contributed by atoms with Gasteiger partial charge >= 0.3 is 0 Å². The van der Waals surface area contributed by atoms with E-state index in [1.165, 1.54) is 6.07 Å². The molecule has 3 nitrogen and oxygen atoms in total. The zero-order valence-electron chi connectivity index (χ0n) is 10.2. The zero-order chi connectivity index (χ0) is 13.0. The average Bonchev–Trinajstić information content (AvgIpc) is 2.38. The molecule has 1 aliphatic rings. The first-order chi connectivity index (χ1) is 8.58. The van der Waals surface area contributed by atoms with Crippen LogP contribution in [0.15, 0.2) is 29.2 Å². The van der Waals surface area contributed by atoms with Gasteiger partial charge in [0, 0.05) is 5.02 Å². The van der Waals surface area contributed by atoms with Crippen LogP contribution in [0.1, 0.15) is 19.3 Å². The Kier molecular flexibility index (Phi) is 4.65. The second kappa shape index (κ2) is 6.04. The SMILES string of the molecule is O=S(=O)(CCC1CCNCC1)c1cccc(Cl)c1. The summed E-state index contributed by atoms with van der Waals surface area (Å²) in [6.07, 6.45) is 2.90. The highest BCUT2D eigenvalue weighted by Crippen LogP contribution is 2.21. The lowest BCUT2D eigenvalue weighted by atomic mass is 9.96. The highest BCUT2D eigenvalue weighted by molar-refractivity contribution is 7.91. The van der Waals surface area contributed by atoms with E-state index in [1.54, 1.807) is 18.2 Å². The maximum absolute atomic E-state index is 12.2. The lowest BCUT2D eigenvalue weighted by Gasteiger charge is -2.22. The molecule has 1 N–H and O–H groups in total. The summed E-state index contributed by atoms with van der Waals surface area (Å²) in [5.74, 6) is 0.748. The number of rotatable bonds is 4. The molecule has 1 aromatic rings. The number of piperidine rings is 1. The van der Waals surface area contributed by atoms with Gasteiger partial charge in [0.15, 0.2) is 9.84 Å². The number of halogens is 1. The van der Waals surface area contributed by atoms with Crippen LogP contribution in [0.5, 0.6) is 0 Å². The molecule has 0 atom stereocenters.